The van der Waals surface area contributed by atoms with Crippen molar-refractivity contribution in [3.05, 3.63) is 35.5 Å². The highest BCUT2D eigenvalue weighted by molar-refractivity contribution is 6.31. The summed E-state index contributed by atoms with van der Waals surface area (Å²) in [5, 5.41) is 2.01. The molecule has 0 unspecified atom stereocenters. The lowest BCUT2D eigenvalue weighted by atomic mass is 10.2. The van der Waals surface area contributed by atoms with E-state index in [4.69, 9.17) is 23.1 Å². The molecule has 0 saturated carbocycles. The monoisotopic (exact) mass is 302 g/mol. The average Bonchev–Trinajstić information content (AvgIpc) is 2.71. The number of nitrogens with two attached hydrogens (primary N) is 2. The van der Waals surface area contributed by atoms with Gasteiger partial charge in [0, 0.05) is 28.7 Å². The van der Waals surface area contributed by atoms with E-state index < -0.39 is 0 Å². The van der Waals surface area contributed by atoms with Crippen molar-refractivity contribution in [3.8, 4) is 0 Å². The van der Waals surface area contributed by atoms with Crippen LogP contribution in [0, 0.1) is 0 Å². The predicted molar refractivity (Wildman–Crippen MR) is 81.7 cm³/mol. The molecule has 2 aromatic rings. The molecule has 1 aromatic heterocycles. The van der Waals surface area contributed by atoms with Crippen LogP contribution in [-0.4, -0.2) is 16.9 Å². The number of aliphatic imine (C=N–C) groups is 1. The lowest BCUT2D eigenvalue weighted by molar-refractivity contribution is -0.106. The Bertz CT molecular complexity index is 562. The Labute approximate surface area is 122 Å². The summed E-state index contributed by atoms with van der Waals surface area (Å²) in [5.74, 6) is -0.204. The van der Waals surface area contributed by atoms with Crippen molar-refractivity contribution in [3.63, 3.8) is 0 Å². The first-order valence-electron chi connectivity index (χ1n) is 5.35. The summed E-state index contributed by atoms with van der Waals surface area (Å²) < 4.78 is 2.20. The maximum absolute atomic E-state index is 9.27. The third kappa shape index (κ3) is 5.19. The number of benzene rings is 1. The fourth-order valence-electron chi connectivity index (χ4n) is 1.51. The first-order chi connectivity index (χ1) is 8.58. The number of fused-ring (bicyclic) bond motifs is 1. The highest BCUT2D eigenvalue weighted by Gasteiger charge is 1.98. The smallest absolute Gasteiger partial charge is 0.236 e. The Morgan fingerprint density at radius 1 is 1.42 bits per heavy atom. The van der Waals surface area contributed by atoms with Gasteiger partial charge in [-0.05, 0) is 31.2 Å². The molecule has 0 aliphatic heterocycles. The second-order valence-electron chi connectivity index (χ2n) is 3.46. The molecule has 0 aliphatic carbocycles. The fraction of sp³-hybridized carbons (Fsp3) is 0.167. The molecule has 2 rings (SSSR count). The van der Waals surface area contributed by atoms with E-state index in [1.54, 1.807) is 0 Å². The van der Waals surface area contributed by atoms with Gasteiger partial charge in [0.1, 0.15) is 0 Å². The second-order valence-corrected chi connectivity index (χ2v) is 3.90. The summed E-state index contributed by atoms with van der Waals surface area (Å²) >= 11 is 5.86. The maximum Gasteiger partial charge on any atom is 0.236 e. The molecular weight excluding hydrogens is 287 g/mol. The van der Waals surface area contributed by atoms with E-state index in [1.165, 1.54) is 10.9 Å². The average molecular weight is 303 g/mol. The van der Waals surface area contributed by atoms with Crippen molar-refractivity contribution < 1.29 is 4.79 Å². The zero-order valence-corrected chi connectivity index (χ0v) is 12.0. The van der Waals surface area contributed by atoms with Crippen LogP contribution in [0.4, 0.5) is 0 Å². The molecule has 1 heterocycles. The number of hydrogen-bond donors (Lipinski definition) is 2. The van der Waals surface area contributed by atoms with E-state index in [-0.39, 0.29) is 24.8 Å². The van der Waals surface area contributed by atoms with Gasteiger partial charge in [-0.25, -0.2) is 0 Å². The Morgan fingerprint density at radius 3 is 2.58 bits per heavy atom. The molecule has 0 bridgehead atoms. The highest BCUT2D eigenvalue weighted by Crippen LogP contribution is 2.20. The maximum atomic E-state index is 9.27. The number of aryl methyl sites for hydroxylation is 1. The Morgan fingerprint density at radius 2 is 2.11 bits per heavy atom. The number of hydrogen-bond acceptors (Lipinski definition) is 1. The van der Waals surface area contributed by atoms with Crippen LogP contribution in [0.2, 0.25) is 5.02 Å². The third-order valence-corrected chi connectivity index (χ3v) is 2.51. The van der Waals surface area contributed by atoms with Crippen LogP contribution < -0.4 is 11.5 Å². The number of amides is 1. The van der Waals surface area contributed by atoms with E-state index >= 15 is 0 Å². The molecule has 1 aromatic carbocycles. The van der Waals surface area contributed by atoms with Gasteiger partial charge in [-0.3, -0.25) is 4.79 Å². The van der Waals surface area contributed by atoms with Crippen LogP contribution in [-0.2, 0) is 11.3 Å². The molecule has 4 N–H and O–H groups in total. The number of rotatable bonds is 2. The van der Waals surface area contributed by atoms with Gasteiger partial charge in [-0.2, -0.15) is 4.99 Å². The molecule has 0 spiro atoms. The number of aromatic nitrogens is 1. The molecule has 0 radical (unpaired) electrons. The van der Waals surface area contributed by atoms with E-state index in [1.807, 2.05) is 12.1 Å². The van der Waals surface area contributed by atoms with Crippen molar-refractivity contribution in [1.82, 2.24) is 4.57 Å². The Hall–Kier alpha value is -1.72. The van der Waals surface area contributed by atoms with Gasteiger partial charge in [-0.1, -0.05) is 11.6 Å². The van der Waals surface area contributed by atoms with E-state index in [9.17, 15) is 4.79 Å². The predicted octanol–water partition coefficient (Wildman–Crippen LogP) is 2.15. The minimum absolute atomic E-state index is 0. The zero-order valence-electron chi connectivity index (χ0n) is 10.4. The molecule has 0 aliphatic rings. The summed E-state index contributed by atoms with van der Waals surface area (Å²) in [5.41, 5.74) is 10.7. The summed E-state index contributed by atoms with van der Waals surface area (Å²) in [6.45, 7) is 3.14. The summed E-state index contributed by atoms with van der Waals surface area (Å²) in [6.07, 6.45) is 2.37. The molecular formula is C12H16Cl2N4O. The van der Waals surface area contributed by atoms with Crippen LogP contribution in [0.25, 0.3) is 10.9 Å². The standard InChI is InChI=1S/C10H10ClN.C2H5N3O.ClH/c1-2-12-6-5-8-7-9(11)3-4-10(8)12;3-2(4)5-1-6;/h3-7H,2H2,1H3;1H,(H4,3,4,5,6);1H. The Balaban J connectivity index is 0.000000404. The number of nitrogens with zero attached hydrogens (tertiary/aromatic N) is 2. The summed E-state index contributed by atoms with van der Waals surface area (Å²) in [4.78, 5) is 12.2. The molecule has 1 amide bonds. The first-order valence-corrected chi connectivity index (χ1v) is 5.73. The third-order valence-electron chi connectivity index (χ3n) is 2.28. The molecule has 0 atom stereocenters. The topological polar surface area (TPSA) is 86.4 Å². The van der Waals surface area contributed by atoms with Crippen molar-refractivity contribution in [2.75, 3.05) is 0 Å². The molecule has 104 valence electrons. The van der Waals surface area contributed by atoms with Crippen molar-refractivity contribution in [1.29, 1.82) is 0 Å². The number of carbonyl (C=O) groups is 1. The van der Waals surface area contributed by atoms with Crippen LogP contribution >= 0.6 is 24.0 Å². The van der Waals surface area contributed by atoms with Gasteiger partial charge >= 0.3 is 0 Å². The summed E-state index contributed by atoms with van der Waals surface area (Å²) in [6, 6.07) is 8.06. The molecule has 0 fully saturated rings. The van der Waals surface area contributed by atoms with Gasteiger partial charge in [0.2, 0.25) is 6.41 Å². The summed E-state index contributed by atoms with van der Waals surface area (Å²) in [7, 11) is 0. The van der Waals surface area contributed by atoms with Crippen LogP contribution in [0.15, 0.2) is 35.5 Å². The van der Waals surface area contributed by atoms with Crippen molar-refractivity contribution in [2.45, 2.75) is 13.5 Å². The van der Waals surface area contributed by atoms with Crippen LogP contribution in [0.5, 0.6) is 0 Å². The number of carbonyl (C=O) groups excluding carboxylic acids is 1. The largest absolute Gasteiger partial charge is 0.370 e. The minimum Gasteiger partial charge on any atom is -0.370 e. The molecule has 5 nitrogen and oxygen atoms in total. The highest BCUT2D eigenvalue weighted by atomic mass is 35.5. The second kappa shape index (κ2) is 8.39. The van der Waals surface area contributed by atoms with E-state index in [0.717, 1.165) is 11.6 Å². The van der Waals surface area contributed by atoms with Gasteiger partial charge in [-0.15, -0.1) is 12.4 Å². The fourth-order valence-corrected chi connectivity index (χ4v) is 1.69. The normalized spacial score (nSPS) is 8.95. The quantitative estimate of drug-likeness (QED) is 0.506. The van der Waals surface area contributed by atoms with Crippen LogP contribution in [0.1, 0.15) is 6.92 Å². The Kier molecular flexibility index (Phi) is 7.63. The van der Waals surface area contributed by atoms with Crippen molar-refractivity contribution >= 4 is 47.3 Å². The van der Waals surface area contributed by atoms with Gasteiger partial charge in [0.15, 0.2) is 5.96 Å². The molecule has 0 saturated heterocycles. The lowest BCUT2D eigenvalue weighted by Crippen LogP contribution is -2.22. The first kappa shape index (κ1) is 17.3. The van der Waals surface area contributed by atoms with E-state index in [2.05, 4.69) is 34.8 Å². The van der Waals surface area contributed by atoms with Gasteiger partial charge in [0.05, 0.1) is 0 Å². The van der Waals surface area contributed by atoms with Crippen molar-refractivity contribution in [2.24, 2.45) is 16.5 Å². The minimum atomic E-state index is -0.204. The SMILES string of the molecule is CCn1ccc2cc(Cl)ccc21.Cl.NC(N)=NC=O. The van der Waals surface area contributed by atoms with Gasteiger partial charge < -0.3 is 16.0 Å². The van der Waals surface area contributed by atoms with Gasteiger partial charge in [0.25, 0.3) is 0 Å². The molecule has 19 heavy (non-hydrogen) atoms. The number of guanidine groups is 1. The number of halogens is 2. The lowest BCUT2D eigenvalue weighted by Gasteiger charge is -1.99. The zero-order chi connectivity index (χ0) is 13.5. The van der Waals surface area contributed by atoms with Crippen LogP contribution in [0.3, 0.4) is 0 Å². The van der Waals surface area contributed by atoms with E-state index in [0.29, 0.717) is 0 Å². The molecule has 7 heteroatoms.